The van der Waals surface area contributed by atoms with Crippen LogP contribution in [0, 0.1) is 0 Å². The summed E-state index contributed by atoms with van der Waals surface area (Å²) >= 11 is 0. The minimum atomic E-state index is -1.63. The van der Waals surface area contributed by atoms with Crippen LogP contribution in [-0.2, 0) is 38.1 Å². The fraction of sp³-hybridized carbons (Fsp3) is 0.852. The number of hydrogen-bond acceptors (Lipinski definition) is 14. The van der Waals surface area contributed by atoms with E-state index in [1.165, 1.54) is 7.05 Å². The molecule has 2 rings (SSSR count). The Morgan fingerprint density at radius 1 is 0.800 bits per heavy atom. The predicted molar refractivity (Wildman–Crippen MR) is 152 cm³/mol. The number of hydrogen-bond donors (Lipinski definition) is 10. The topological polar surface area (TPSA) is 275 Å². The van der Waals surface area contributed by atoms with E-state index in [2.05, 4.69) is 21.3 Å². The summed E-state index contributed by atoms with van der Waals surface area (Å²) in [5.41, 5.74) is 0. The Kier molecular flexibility index (Phi) is 17.1. The molecule has 260 valence electrons. The second-order valence-electron chi connectivity index (χ2n) is 10.9. The van der Waals surface area contributed by atoms with Gasteiger partial charge in [-0.05, 0) is 19.8 Å². The summed E-state index contributed by atoms with van der Waals surface area (Å²) in [6.07, 6.45) is -10.1. The highest BCUT2D eigenvalue weighted by atomic mass is 16.7. The van der Waals surface area contributed by atoms with Crippen molar-refractivity contribution in [3.8, 4) is 0 Å². The first-order valence-electron chi connectivity index (χ1n) is 15.0. The molecule has 2 heterocycles. The van der Waals surface area contributed by atoms with Crippen LogP contribution in [0.5, 0.6) is 0 Å². The van der Waals surface area contributed by atoms with Crippen molar-refractivity contribution in [1.82, 2.24) is 21.3 Å². The average Bonchev–Trinajstić information content (AvgIpc) is 3.01. The van der Waals surface area contributed by atoms with Gasteiger partial charge in [0.05, 0.1) is 38.4 Å². The molecule has 45 heavy (non-hydrogen) atoms. The highest BCUT2D eigenvalue weighted by molar-refractivity contribution is 5.92. The molecule has 1 unspecified atom stereocenters. The van der Waals surface area contributed by atoms with Gasteiger partial charge in [-0.1, -0.05) is 0 Å². The van der Waals surface area contributed by atoms with Crippen molar-refractivity contribution in [3.05, 3.63) is 0 Å². The molecular formula is C27H48N4O14. The largest absolute Gasteiger partial charge is 0.394 e. The zero-order valence-corrected chi connectivity index (χ0v) is 25.5. The molecule has 0 spiro atoms. The molecule has 18 nitrogen and oxygen atoms in total. The van der Waals surface area contributed by atoms with E-state index < -0.39 is 92.1 Å². The predicted octanol–water partition coefficient (Wildman–Crippen LogP) is -4.91. The lowest BCUT2D eigenvalue weighted by Crippen LogP contribution is -2.59. The SMILES string of the molecule is CNC(=O)CCCCC(=O)NC(CC(=O)NCCO[C@@H]1O[C@@H](C)[C@@H](O)C[C@@H]1O)C(=O)NCCO[C@H]1O[C@H](CO)[C@@H](O)[C@H](O)[C@@H]1O. The van der Waals surface area contributed by atoms with Crippen LogP contribution in [-0.4, -0.2) is 156 Å². The lowest BCUT2D eigenvalue weighted by Gasteiger charge is -2.39. The lowest BCUT2D eigenvalue weighted by atomic mass is 9.99. The van der Waals surface area contributed by atoms with Crippen LogP contribution >= 0.6 is 0 Å². The molecule has 0 aliphatic carbocycles. The van der Waals surface area contributed by atoms with Crippen molar-refractivity contribution in [2.24, 2.45) is 0 Å². The van der Waals surface area contributed by atoms with Crippen LogP contribution in [0.4, 0.5) is 0 Å². The normalized spacial score (nSPS) is 30.6. The van der Waals surface area contributed by atoms with Crippen LogP contribution < -0.4 is 21.3 Å². The molecule has 0 aromatic rings. The first-order chi connectivity index (χ1) is 21.4. The van der Waals surface area contributed by atoms with Gasteiger partial charge in [0, 0.05) is 39.4 Å². The van der Waals surface area contributed by atoms with Crippen LogP contribution in [0.2, 0.25) is 0 Å². The Balaban J connectivity index is 1.85. The zero-order chi connectivity index (χ0) is 33.5. The van der Waals surface area contributed by atoms with Crippen molar-refractivity contribution in [2.45, 2.75) is 107 Å². The lowest BCUT2D eigenvalue weighted by molar-refractivity contribution is -0.300. The van der Waals surface area contributed by atoms with Crippen LogP contribution in [0.3, 0.4) is 0 Å². The number of aliphatic hydroxyl groups excluding tert-OH is 6. The van der Waals surface area contributed by atoms with Crippen molar-refractivity contribution < 1.29 is 68.8 Å². The minimum absolute atomic E-state index is 0.00291. The molecular weight excluding hydrogens is 604 g/mol. The van der Waals surface area contributed by atoms with Gasteiger partial charge in [-0.15, -0.1) is 0 Å². The molecule has 2 aliphatic heterocycles. The summed E-state index contributed by atoms with van der Waals surface area (Å²) in [7, 11) is 1.50. The smallest absolute Gasteiger partial charge is 0.243 e. The first-order valence-corrected chi connectivity index (χ1v) is 15.0. The number of rotatable bonds is 18. The van der Waals surface area contributed by atoms with Gasteiger partial charge in [0.2, 0.25) is 23.6 Å². The summed E-state index contributed by atoms with van der Waals surface area (Å²) in [6, 6.07) is -1.28. The molecule has 10 N–H and O–H groups in total. The molecule has 0 saturated carbocycles. The quantitative estimate of drug-likeness (QED) is 0.0622. The van der Waals surface area contributed by atoms with Gasteiger partial charge < -0.3 is 70.9 Å². The van der Waals surface area contributed by atoms with Gasteiger partial charge in [-0.25, -0.2) is 0 Å². The van der Waals surface area contributed by atoms with Crippen molar-refractivity contribution in [1.29, 1.82) is 0 Å². The average molecular weight is 653 g/mol. The van der Waals surface area contributed by atoms with Gasteiger partial charge in [0.1, 0.15) is 36.6 Å². The maximum absolute atomic E-state index is 12.9. The van der Waals surface area contributed by atoms with Gasteiger partial charge in [0.15, 0.2) is 12.6 Å². The highest BCUT2D eigenvalue weighted by Gasteiger charge is 2.44. The maximum Gasteiger partial charge on any atom is 0.243 e. The van der Waals surface area contributed by atoms with Crippen molar-refractivity contribution in [2.75, 3.05) is 40.0 Å². The summed E-state index contributed by atoms with van der Waals surface area (Å²) in [5, 5.41) is 68.9. The fourth-order valence-electron chi connectivity index (χ4n) is 4.57. The number of carbonyl (C=O) groups excluding carboxylic acids is 4. The van der Waals surface area contributed by atoms with E-state index in [9.17, 15) is 49.8 Å². The first kappa shape index (κ1) is 38.7. The molecule has 4 amide bonds. The van der Waals surface area contributed by atoms with E-state index in [-0.39, 0.29) is 51.5 Å². The molecule has 10 atom stereocenters. The van der Waals surface area contributed by atoms with Gasteiger partial charge in [-0.3, -0.25) is 19.2 Å². The third-order valence-electron chi connectivity index (χ3n) is 7.30. The maximum atomic E-state index is 12.9. The van der Waals surface area contributed by atoms with Crippen LogP contribution in [0.15, 0.2) is 0 Å². The number of nitrogens with one attached hydrogen (secondary N) is 4. The molecule has 0 radical (unpaired) electrons. The standard InChI is InChI=1S/C27H48N4O14/c1-14-16(33)12-17(34)26(44-14)42-9-7-29-21(37)11-15(31-20(36)6-4-3-5-19(35)28-2)25(41)30-8-10-43-27-24(40)23(39)22(38)18(13-32)45-27/h14-18,22-24,26-27,32-34,38-40H,3-13H2,1-2H3,(H,28,35)(H,29,37)(H,30,41)(H,31,36)/t14-,15?,16-,17-,18+,22+,23-,24-,26+,27-/m0/s1. The van der Waals surface area contributed by atoms with Gasteiger partial charge in [-0.2, -0.15) is 0 Å². The molecule has 0 aromatic heterocycles. The molecule has 0 bridgehead atoms. The second kappa shape index (κ2) is 19.9. The molecule has 18 heteroatoms. The summed E-state index contributed by atoms with van der Waals surface area (Å²) in [4.78, 5) is 49.4. The third-order valence-corrected chi connectivity index (χ3v) is 7.30. The number of aliphatic hydroxyl groups is 6. The van der Waals surface area contributed by atoms with E-state index in [1.54, 1.807) is 6.92 Å². The van der Waals surface area contributed by atoms with E-state index >= 15 is 0 Å². The van der Waals surface area contributed by atoms with E-state index in [1.807, 2.05) is 0 Å². The molecule has 2 fully saturated rings. The Morgan fingerprint density at radius 3 is 2.07 bits per heavy atom. The van der Waals surface area contributed by atoms with Gasteiger partial charge >= 0.3 is 0 Å². The summed E-state index contributed by atoms with van der Waals surface area (Å²) in [6.45, 7) is 0.568. The molecule has 2 saturated heterocycles. The van der Waals surface area contributed by atoms with E-state index in [4.69, 9.17) is 18.9 Å². The van der Waals surface area contributed by atoms with Gasteiger partial charge in [0.25, 0.3) is 0 Å². The Bertz CT molecular complexity index is 943. The number of unbranched alkanes of at least 4 members (excludes halogenated alkanes) is 1. The van der Waals surface area contributed by atoms with E-state index in [0.29, 0.717) is 12.8 Å². The van der Waals surface area contributed by atoms with E-state index in [0.717, 1.165) is 0 Å². The monoisotopic (exact) mass is 652 g/mol. The molecule has 2 aliphatic rings. The Morgan fingerprint density at radius 2 is 1.42 bits per heavy atom. The Labute approximate surface area is 260 Å². The van der Waals surface area contributed by atoms with Crippen molar-refractivity contribution in [3.63, 3.8) is 0 Å². The number of carbonyl (C=O) groups is 4. The number of ether oxygens (including phenoxy) is 4. The highest BCUT2D eigenvalue weighted by Crippen LogP contribution is 2.22. The second-order valence-corrected chi connectivity index (χ2v) is 10.9. The molecule has 0 aromatic carbocycles. The zero-order valence-electron chi connectivity index (χ0n) is 25.5. The van der Waals surface area contributed by atoms with Crippen molar-refractivity contribution >= 4 is 23.6 Å². The minimum Gasteiger partial charge on any atom is -0.394 e. The summed E-state index contributed by atoms with van der Waals surface area (Å²) < 4.78 is 21.4. The third kappa shape index (κ3) is 13.0. The Hall–Kier alpha value is -2.52. The number of amides is 4. The van der Waals surface area contributed by atoms with Crippen LogP contribution in [0.1, 0.15) is 45.4 Å². The fourth-order valence-corrected chi connectivity index (χ4v) is 4.57. The van der Waals surface area contributed by atoms with Crippen LogP contribution in [0.25, 0.3) is 0 Å². The summed E-state index contributed by atoms with van der Waals surface area (Å²) in [5.74, 6) is -2.00.